The fourth-order valence-electron chi connectivity index (χ4n) is 3.36. The number of piperazine rings is 1. The first-order valence-corrected chi connectivity index (χ1v) is 8.87. The van der Waals surface area contributed by atoms with Crippen LogP contribution in [0, 0.1) is 0 Å². The minimum Gasteiger partial charge on any atom is -0.504 e. The van der Waals surface area contributed by atoms with Crippen molar-refractivity contribution >= 4 is 5.69 Å². The lowest BCUT2D eigenvalue weighted by molar-refractivity contribution is -0.914. The number of benzene rings is 2. The number of methoxy groups -OCH3 is 1. The van der Waals surface area contributed by atoms with E-state index >= 15 is 0 Å². The molecule has 0 saturated carbocycles. The zero-order valence-corrected chi connectivity index (χ0v) is 15.0. The number of ether oxygens (including phenoxy) is 2. The Morgan fingerprint density at radius 3 is 2.56 bits per heavy atom. The Balaban J connectivity index is 1.61. The van der Waals surface area contributed by atoms with Crippen LogP contribution in [0.5, 0.6) is 17.2 Å². The number of rotatable bonds is 6. The molecule has 0 spiro atoms. The lowest BCUT2D eigenvalue weighted by Crippen LogP contribution is -3.13. The second-order valence-electron chi connectivity index (χ2n) is 6.32. The summed E-state index contributed by atoms with van der Waals surface area (Å²) in [6, 6.07) is 13.9. The van der Waals surface area contributed by atoms with Crippen LogP contribution in [0.1, 0.15) is 12.5 Å². The van der Waals surface area contributed by atoms with Gasteiger partial charge in [0.05, 0.1) is 45.6 Å². The van der Waals surface area contributed by atoms with Gasteiger partial charge < -0.3 is 24.4 Å². The van der Waals surface area contributed by atoms with Gasteiger partial charge in [-0.05, 0) is 37.3 Å². The molecule has 25 heavy (non-hydrogen) atoms. The Bertz CT molecular complexity index is 697. The fourth-order valence-corrected chi connectivity index (χ4v) is 3.36. The summed E-state index contributed by atoms with van der Waals surface area (Å²) in [6.45, 7) is 7.81. The van der Waals surface area contributed by atoms with Crippen molar-refractivity contribution in [3.05, 3.63) is 48.0 Å². The molecule has 3 rings (SSSR count). The SMILES string of the molecule is CCOc1ccccc1N1CC[NH+](Cc2ccc(O)c(OC)c2)CC1. The van der Waals surface area contributed by atoms with Crippen LogP contribution in [-0.4, -0.2) is 45.0 Å². The highest BCUT2D eigenvalue weighted by atomic mass is 16.5. The van der Waals surface area contributed by atoms with Gasteiger partial charge >= 0.3 is 0 Å². The van der Waals surface area contributed by atoms with E-state index in [-0.39, 0.29) is 5.75 Å². The topological polar surface area (TPSA) is 46.4 Å². The van der Waals surface area contributed by atoms with E-state index in [9.17, 15) is 5.11 Å². The number of phenolic OH excluding ortho intramolecular Hbond substituents is 1. The van der Waals surface area contributed by atoms with Crippen molar-refractivity contribution in [2.75, 3.05) is 44.8 Å². The van der Waals surface area contributed by atoms with Crippen LogP contribution in [0.15, 0.2) is 42.5 Å². The monoisotopic (exact) mass is 343 g/mol. The molecular weight excluding hydrogens is 316 g/mol. The minimum atomic E-state index is 0.193. The van der Waals surface area contributed by atoms with Gasteiger partial charge in [-0.1, -0.05) is 12.1 Å². The number of quaternary nitrogens is 1. The molecule has 1 saturated heterocycles. The summed E-state index contributed by atoms with van der Waals surface area (Å²) in [5, 5.41) is 9.72. The van der Waals surface area contributed by atoms with E-state index in [1.807, 2.05) is 31.2 Å². The molecule has 0 bridgehead atoms. The van der Waals surface area contributed by atoms with Crippen molar-refractivity contribution in [1.29, 1.82) is 0 Å². The summed E-state index contributed by atoms with van der Waals surface area (Å²) in [4.78, 5) is 3.95. The molecular formula is C20H27N2O3+. The standard InChI is InChI=1S/C20H26N2O3/c1-3-25-19-7-5-4-6-17(19)22-12-10-21(11-13-22)15-16-8-9-18(23)20(14-16)24-2/h4-9,14,23H,3,10-13,15H2,1-2H3/p+1. The third kappa shape index (κ3) is 4.17. The van der Waals surface area contributed by atoms with Gasteiger partial charge in [0.2, 0.25) is 0 Å². The minimum absolute atomic E-state index is 0.193. The van der Waals surface area contributed by atoms with Gasteiger partial charge in [-0.2, -0.15) is 0 Å². The normalized spacial score (nSPS) is 15.2. The molecule has 2 aromatic carbocycles. The molecule has 1 fully saturated rings. The lowest BCUT2D eigenvalue weighted by atomic mass is 10.1. The van der Waals surface area contributed by atoms with E-state index < -0.39 is 0 Å². The quantitative estimate of drug-likeness (QED) is 0.838. The van der Waals surface area contributed by atoms with Crippen LogP contribution in [0.2, 0.25) is 0 Å². The number of hydrogen-bond acceptors (Lipinski definition) is 4. The largest absolute Gasteiger partial charge is 0.504 e. The maximum atomic E-state index is 9.72. The Labute approximate surface area is 149 Å². The van der Waals surface area contributed by atoms with E-state index in [2.05, 4.69) is 17.0 Å². The summed E-state index contributed by atoms with van der Waals surface area (Å²) in [7, 11) is 1.58. The zero-order valence-electron chi connectivity index (χ0n) is 15.0. The molecule has 1 heterocycles. The number of phenols is 1. The van der Waals surface area contributed by atoms with Gasteiger partial charge in [0.15, 0.2) is 11.5 Å². The van der Waals surface area contributed by atoms with E-state index in [0.29, 0.717) is 12.4 Å². The number of anilines is 1. The molecule has 134 valence electrons. The van der Waals surface area contributed by atoms with Crippen LogP contribution in [0.3, 0.4) is 0 Å². The molecule has 2 N–H and O–H groups in total. The Morgan fingerprint density at radius 2 is 1.84 bits per heavy atom. The number of hydrogen-bond donors (Lipinski definition) is 2. The Hall–Kier alpha value is -2.40. The average Bonchev–Trinajstić information content (AvgIpc) is 2.65. The van der Waals surface area contributed by atoms with Crippen LogP contribution in [0.25, 0.3) is 0 Å². The van der Waals surface area contributed by atoms with Crippen molar-refractivity contribution in [3.63, 3.8) is 0 Å². The number of aromatic hydroxyl groups is 1. The van der Waals surface area contributed by atoms with Gasteiger partial charge in [-0.3, -0.25) is 0 Å². The lowest BCUT2D eigenvalue weighted by Gasteiger charge is -2.34. The Morgan fingerprint density at radius 1 is 1.08 bits per heavy atom. The first kappa shape index (κ1) is 17.4. The van der Waals surface area contributed by atoms with Crippen LogP contribution < -0.4 is 19.3 Å². The van der Waals surface area contributed by atoms with E-state index in [0.717, 1.165) is 38.5 Å². The van der Waals surface area contributed by atoms with Gasteiger partial charge in [-0.15, -0.1) is 0 Å². The van der Waals surface area contributed by atoms with E-state index in [1.165, 1.54) is 16.2 Å². The molecule has 0 amide bonds. The van der Waals surface area contributed by atoms with Crippen molar-refractivity contribution < 1.29 is 19.5 Å². The van der Waals surface area contributed by atoms with Gasteiger partial charge in [0.1, 0.15) is 12.3 Å². The maximum absolute atomic E-state index is 9.72. The predicted octanol–water partition coefficient (Wildman–Crippen LogP) is 1.70. The molecule has 0 radical (unpaired) electrons. The molecule has 5 nitrogen and oxygen atoms in total. The zero-order chi connectivity index (χ0) is 17.6. The Kier molecular flexibility index (Phi) is 5.66. The summed E-state index contributed by atoms with van der Waals surface area (Å²) in [5.41, 5.74) is 2.38. The molecule has 1 aliphatic rings. The first-order valence-electron chi connectivity index (χ1n) is 8.87. The van der Waals surface area contributed by atoms with Crippen molar-refractivity contribution in [2.24, 2.45) is 0 Å². The smallest absolute Gasteiger partial charge is 0.160 e. The summed E-state index contributed by atoms with van der Waals surface area (Å²) >= 11 is 0. The molecule has 0 aromatic heterocycles. The molecule has 5 heteroatoms. The highest BCUT2D eigenvalue weighted by Gasteiger charge is 2.22. The van der Waals surface area contributed by atoms with Crippen molar-refractivity contribution in [2.45, 2.75) is 13.5 Å². The summed E-state index contributed by atoms with van der Waals surface area (Å²) < 4.78 is 11.0. The third-order valence-corrected chi connectivity index (χ3v) is 4.67. The molecule has 0 atom stereocenters. The molecule has 0 unspecified atom stereocenters. The highest BCUT2D eigenvalue weighted by molar-refractivity contribution is 5.58. The third-order valence-electron chi connectivity index (χ3n) is 4.67. The van der Waals surface area contributed by atoms with Gasteiger partial charge in [0.25, 0.3) is 0 Å². The van der Waals surface area contributed by atoms with Crippen LogP contribution in [-0.2, 0) is 6.54 Å². The van der Waals surface area contributed by atoms with E-state index in [1.54, 1.807) is 13.2 Å². The van der Waals surface area contributed by atoms with Crippen molar-refractivity contribution in [3.8, 4) is 17.2 Å². The molecule has 0 aliphatic carbocycles. The van der Waals surface area contributed by atoms with Gasteiger partial charge in [-0.25, -0.2) is 0 Å². The van der Waals surface area contributed by atoms with Crippen molar-refractivity contribution in [1.82, 2.24) is 0 Å². The van der Waals surface area contributed by atoms with E-state index in [4.69, 9.17) is 9.47 Å². The molecule has 1 aliphatic heterocycles. The number of nitrogens with one attached hydrogen (secondary N) is 1. The molecule has 2 aromatic rings. The number of para-hydroxylation sites is 2. The number of nitrogens with zero attached hydrogens (tertiary/aromatic N) is 1. The fraction of sp³-hybridized carbons (Fsp3) is 0.400. The predicted molar refractivity (Wildman–Crippen MR) is 98.9 cm³/mol. The van der Waals surface area contributed by atoms with Gasteiger partial charge in [0, 0.05) is 5.56 Å². The highest BCUT2D eigenvalue weighted by Crippen LogP contribution is 2.28. The summed E-state index contributed by atoms with van der Waals surface area (Å²) in [6.07, 6.45) is 0. The van der Waals surface area contributed by atoms with Crippen LogP contribution >= 0.6 is 0 Å². The van der Waals surface area contributed by atoms with Crippen LogP contribution in [0.4, 0.5) is 5.69 Å². The second-order valence-corrected chi connectivity index (χ2v) is 6.32. The first-order chi connectivity index (χ1) is 12.2. The maximum Gasteiger partial charge on any atom is 0.160 e. The average molecular weight is 343 g/mol. The second kappa shape index (κ2) is 8.12. The summed E-state index contributed by atoms with van der Waals surface area (Å²) in [5.74, 6) is 1.71.